The molecule has 4 rings (SSSR count). The van der Waals surface area contributed by atoms with Crippen LogP contribution in [0.5, 0.6) is 5.75 Å². The van der Waals surface area contributed by atoms with Crippen molar-refractivity contribution in [3.05, 3.63) is 57.6 Å². The van der Waals surface area contributed by atoms with Crippen LogP contribution >= 0.6 is 57.1 Å². The van der Waals surface area contributed by atoms with Gasteiger partial charge >= 0.3 is 0 Å². The number of carbonyl (C=O) groups excluding carboxylic acids is 1. The van der Waals surface area contributed by atoms with Crippen LogP contribution in [-0.2, 0) is 11.3 Å². The first-order valence-corrected chi connectivity index (χ1v) is 12.9. The van der Waals surface area contributed by atoms with Crippen LogP contribution in [0.25, 0.3) is 21.5 Å². The van der Waals surface area contributed by atoms with Gasteiger partial charge in [0, 0.05) is 22.6 Å². The number of carbonyl (C=O) groups is 1. The Kier molecular flexibility index (Phi) is 8.12. The van der Waals surface area contributed by atoms with Crippen LogP contribution in [0.3, 0.4) is 0 Å². The number of nitrogens with zero attached hydrogens (tertiary/aromatic N) is 4. The molecule has 0 spiro atoms. The average Bonchev–Trinajstić information content (AvgIpc) is 3.22. The fourth-order valence-corrected chi connectivity index (χ4v) is 4.65. The van der Waals surface area contributed by atoms with Crippen molar-refractivity contribution in [2.24, 2.45) is 0 Å². The van der Waals surface area contributed by atoms with E-state index in [1.54, 1.807) is 18.2 Å². The third-order valence-electron chi connectivity index (χ3n) is 4.37. The summed E-state index contributed by atoms with van der Waals surface area (Å²) < 4.78 is 7.43. The first-order chi connectivity index (χ1) is 16.0. The number of aromatic nitrogens is 4. The number of fused-ring (bicyclic) bond motifs is 1. The number of hydrogen-bond donors (Lipinski definition) is 2. The quantitative estimate of drug-likeness (QED) is 0.202. The molecule has 8 nitrogen and oxygen atoms in total. The van der Waals surface area contributed by atoms with Gasteiger partial charge in [0.25, 0.3) is 5.91 Å². The number of amides is 1. The zero-order chi connectivity index (χ0) is 23.2. The number of hydrogen-bond acceptors (Lipinski definition) is 8. The maximum absolute atomic E-state index is 11.7. The van der Waals surface area contributed by atoms with Crippen molar-refractivity contribution in [1.29, 1.82) is 0 Å². The van der Waals surface area contributed by atoms with Crippen molar-refractivity contribution in [3.8, 4) is 17.0 Å². The minimum absolute atomic E-state index is 0.0309. The van der Waals surface area contributed by atoms with Gasteiger partial charge < -0.3 is 15.4 Å². The zero-order valence-corrected chi connectivity index (χ0v) is 21.5. The van der Waals surface area contributed by atoms with Crippen LogP contribution < -0.4 is 15.4 Å². The Morgan fingerprint density at radius 3 is 2.76 bits per heavy atom. The van der Waals surface area contributed by atoms with E-state index in [4.69, 9.17) is 27.9 Å². The van der Waals surface area contributed by atoms with Crippen molar-refractivity contribution < 1.29 is 9.53 Å². The number of ether oxygens (including phenoxy) is 1. The third-order valence-corrected chi connectivity index (χ3v) is 6.57. The molecule has 0 saturated carbocycles. The lowest BCUT2D eigenvalue weighted by molar-refractivity contribution is -0.122. The monoisotopic (exact) mass is 614 g/mol. The summed E-state index contributed by atoms with van der Waals surface area (Å²) in [5, 5.41) is 15.8. The summed E-state index contributed by atoms with van der Waals surface area (Å²) in [5.41, 5.74) is 1.92. The fraction of sp³-hybridized carbons (Fsp3) is 0.190. The second-order valence-electron chi connectivity index (χ2n) is 6.68. The molecule has 2 N–H and O–H groups in total. The van der Waals surface area contributed by atoms with Crippen molar-refractivity contribution in [1.82, 2.24) is 25.5 Å². The molecule has 0 unspecified atom stereocenters. The summed E-state index contributed by atoms with van der Waals surface area (Å²) in [6.07, 6.45) is 1.51. The summed E-state index contributed by atoms with van der Waals surface area (Å²) in [6, 6.07) is 10.8. The Hall–Kier alpha value is -2.28. The fourth-order valence-electron chi connectivity index (χ4n) is 2.90. The van der Waals surface area contributed by atoms with Crippen LogP contribution in [0, 0.1) is 0 Å². The molecule has 0 fully saturated rings. The molecule has 170 valence electrons. The molecule has 2 aromatic heterocycles. The topological polar surface area (TPSA) is 102 Å². The molecule has 2 heterocycles. The van der Waals surface area contributed by atoms with Crippen molar-refractivity contribution in [2.75, 3.05) is 22.9 Å². The van der Waals surface area contributed by atoms with E-state index >= 15 is 0 Å². The first-order valence-electron chi connectivity index (χ1n) is 9.76. The maximum atomic E-state index is 11.7. The Morgan fingerprint density at radius 2 is 1.97 bits per heavy atom. The van der Waals surface area contributed by atoms with Gasteiger partial charge in [0.1, 0.15) is 10.8 Å². The van der Waals surface area contributed by atoms with Gasteiger partial charge in [-0.25, -0.2) is 9.97 Å². The van der Waals surface area contributed by atoms with Gasteiger partial charge in [-0.05, 0) is 24.3 Å². The largest absolute Gasteiger partial charge is 0.484 e. The zero-order valence-electron chi connectivity index (χ0n) is 17.0. The van der Waals surface area contributed by atoms with Gasteiger partial charge in [0.2, 0.25) is 5.95 Å². The molecule has 0 aliphatic carbocycles. The van der Waals surface area contributed by atoms with E-state index in [1.807, 2.05) is 18.2 Å². The molecular formula is C21H17Cl2IN6O2S. The smallest absolute Gasteiger partial charge is 0.257 e. The highest BCUT2D eigenvalue weighted by Gasteiger charge is 2.12. The normalized spacial score (nSPS) is 10.9. The molecule has 0 atom stereocenters. The highest BCUT2D eigenvalue weighted by Crippen LogP contribution is 2.33. The third kappa shape index (κ3) is 6.19. The van der Waals surface area contributed by atoms with E-state index in [0.29, 0.717) is 46.1 Å². The molecule has 33 heavy (non-hydrogen) atoms. The van der Waals surface area contributed by atoms with Crippen molar-refractivity contribution in [2.45, 2.75) is 6.54 Å². The highest BCUT2D eigenvalue weighted by molar-refractivity contribution is 14.1. The Balaban J connectivity index is 1.42. The lowest BCUT2D eigenvalue weighted by Gasteiger charge is -2.07. The lowest BCUT2D eigenvalue weighted by atomic mass is 10.1. The van der Waals surface area contributed by atoms with E-state index in [0.717, 1.165) is 19.7 Å². The van der Waals surface area contributed by atoms with Crippen LogP contribution in [0.15, 0.2) is 42.6 Å². The molecular weight excluding hydrogens is 598 g/mol. The molecule has 4 aromatic rings. The van der Waals surface area contributed by atoms with Crippen molar-refractivity contribution in [3.63, 3.8) is 0 Å². The van der Waals surface area contributed by atoms with Gasteiger partial charge in [-0.15, -0.1) is 16.4 Å². The van der Waals surface area contributed by atoms with Gasteiger partial charge in [0.15, 0.2) is 6.61 Å². The minimum atomic E-state index is -0.149. The number of alkyl halides is 1. The van der Waals surface area contributed by atoms with Crippen LogP contribution in [0.2, 0.25) is 10.0 Å². The lowest BCUT2D eigenvalue weighted by Crippen LogP contribution is -2.30. The number of thiazole rings is 1. The van der Waals surface area contributed by atoms with Gasteiger partial charge in [-0.2, -0.15) is 5.10 Å². The van der Waals surface area contributed by atoms with Crippen molar-refractivity contribution >= 4 is 79.2 Å². The number of halogens is 3. The first kappa shape index (κ1) is 23.9. The van der Waals surface area contributed by atoms with E-state index < -0.39 is 0 Å². The van der Waals surface area contributed by atoms with Crippen LogP contribution in [0.4, 0.5) is 5.95 Å². The SMILES string of the molecule is O=C(COc1ccc2sc(CNc3nncc(-c4c(Cl)cccc4Cl)n3)nc2c1)NCCI. The number of nitrogens with one attached hydrogen (secondary N) is 2. The highest BCUT2D eigenvalue weighted by atomic mass is 127. The van der Waals surface area contributed by atoms with E-state index in [1.165, 1.54) is 17.5 Å². The predicted octanol–water partition coefficient (Wildman–Crippen LogP) is 5.00. The second kappa shape index (κ2) is 11.2. The molecule has 0 aliphatic heterocycles. The standard InChI is InChI=1S/C21H17Cl2IN6O2S/c22-13-2-1-3-14(23)20(13)16-9-27-30-21(29-16)26-10-19-28-15-8-12(4-5-17(15)33-19)32-11-18(31)25-7-6-24/h1-5,8-9H,6-7,10-11H2,(H,25,31)(H,26,29,30). The van der Waals surface area contributed by atoms with Gasteiger partial charge in [-0.3, -0.25) is 4.79 Å². The molecule has 12 heteroatoms. The van der Waals surface area contributed by atoms with Crippen LogP contribution in [0.1, 0.15) is 5.01 Å². The summed E-state index contributed by atoms with van der Waals surface area (Å²) in [6.45, 7) is 1.00. The van der Waals surface area contributed by atoms with Crippen LogP contribution in [-0.4, -0.2) is 43.7 Å². The molecule has 0 saturated heterocycles. The van der Waals surface area contributed by atoms with E-state index in [2.05, 4.69) is 53.4 Å². The second-order valence-corrected chi connectivity index (χ2v) is 9.69. The molecule has 2 aromatic carbocycles. The van der Waals surface area contributed by atoms with Gasteiger partial charge in [0.05, 0.1) is 38.7 Å². The minimum Gasteiger partial charge on any atom is -0.484 e. The number of anilines is 1. The van der Waals surface area contributed by atoms with E-state index in [-0.39, 0.29) is 12.5 Å². The molecule has 1 amide bonds. The summed E-state index contributed by atoms with van der Waals surface area (Å²) in [7, 11) is 0. The molecule has 0 bridgehead atoms. The summed E-state index contributed by atoms with van der Waals surface area (Å²) >= 11 is 16.3. The Labute approximate surface area is 217 Å². The molecule has 0 aliphatic rings. The summed E-state index contributed by atoms with van der Waals surface area (Å²) in [4.78, 5) is 20.8. The number of rotatable bonds is 9. The predicted molar refractivity (Wildman–Crippen MR) is 140 cm³/mol. The molecule has 0 radical (unpaired) electrons. The Bertz CT molecular complexity index is 1270. The Morgan fingerprint density at radius 1 is 1.15 bits per heavy atom. The maximum Gasteiger partial charge on any atom is 0.257 e. The number of benzene rings is 2. The van der Waals surface area contributed by atoms with Gasteiger partial charge in [-0.1, -0.05) is 51.9 Å². The average molecular weight is 615 g/mol. The van der Waals surface area contributed by atoms with E-state index in [9.17, 15) is 4.79 Å². The summed E-state index contributed by atoms with van der Waals surface area (Å²) in [5.74, 6) is 0.780.